The molecule has 1 amide bonds. The lowest BCUT2D eigenvalue weighted by atomic mass is 9.99. The van der Waals surface area contributed by atoms with Gasteiger partial charge in [-0.05, 0) is 25.7 Å². The highest BCUT2D eigenvalue weighted by Crippen LogP contribution is 2.26. The quantitative estimate of drug-likeness (QED) is 0.0195. The highest BCUT2D eigenvalue weighted by atomic mass is 16.7. The Morgan fingerprint density at radius 3 is 1.36 bits per heavy atom. The van der Waals surface area contributed by atoms with Crippen molar-refractivity contribution in [2.24, 2.45) is 0 Å². The van der Waals surface area contributed by atoms with Crippen LogP contribution in [0.4, 0.5) is 0 Å². The first-order chi connectivity index (χ1) is 33.7. The molecule has 8 unspecified atom stereocenters. The molecule has 11 nitrogen and oxygen atoms in total. The third kappa shape index (κ3) is 36.1. The second-order valence-corrected chi connectivity index (χ2v) is 20.7. The average molecular weight is 983 g/mol. The van der Waals surface area contributed by atoms with Crippen LogP contribution in [-0.4, -0.2) is 99.6 Å². The van der Waals surface area contributed by atoms with Crippen molar-refractivity contribution in [2.45, 2.75) is 333 Å². The molecule has 408 valence electrons. The van der Waals surface area contributed by atoms with Crippen LogP contribution in [0.1, 0.15) is 284 Å². The molecule has 0 aromatic carbocycles. The minimum atomic E-state index is -1.60. The molecular formula is C58H111NO10. The van der Waals surface area contributed by atoms with E-state index in [4.69, 9.17) is 14.2 Å². The summed E-state index contributed by atoms with van der Waals surface area (Å²) in [5, 5.41) is 56.8. The molecule has 8 atom stereocenters. The lowest BCUT2D eigenvalue weighted by Crippen LogP contribution is -2.61. The Hall–Kier alpha value is -1.60. The van der Waals surface area contributed by atoms with Gasteiger partial charge in [-0.1, -0.05) is 264 Å². The van der Waals surface area contributed by atoms with Crippen molar-refractivity contribution in [3.05, 3.63) is 12.2 Å². The zero-order valence-electron chi connectivity index (χ0n) is 45.0. The summed E-state index contributed by atoms with van der Waals surface area (Å²) in [5.41, 5.74) is 0. The summed E-state index contributed by atoms with van der Waals surface area (Å²) in [6.07, 6.45) is 41.1. The van der Waals surface area contributed by atoms with Gasteiger partial charge in [0.15, 0.2) is 12.4 Å². The van der Waals surface area contributed by atoms with Crippen molar-refractivity contribution in [2.75, 3.05) is 13.2 Å². The Balaban J connectivity index is 2.71. The molecular weight excluding hydrogens is 871 g/mol. The minimum absolute atomic E-state index is 0.131. The maximum atomic E-state index is 13.4. The van der Waals surface area contributed by atoms with Gasteiger partial charge in [-0.3, -0.25) is 9.59 Å². The van der Waals surface area contributed by atoms with Gasteiger partial charge in [-0.15, -0.1) is 0 Å². The van der Waals surface area contributed by atoms with Crippen LogP contribution in [-0.2, 0) is 23.8 Å². The first-order valence-corrected chi connectivity index (χ1v) is 29.5. The number of aliphatic hydroxyl groups excluding tert-OH is 5. The number of rotatable bonds is 50. The highest BCUT2D eigenvalue weighted by molar-refractivity contribution is 5.80. The molecule has 0 saturated carbocycles. The van der Waals surface area contributed by atoms with E-state index in [9.17, 15) is 35.1 Å². The number of hydrogen-bond donors (Lipinski definition) is 6. The van der Waals surface area contributed by atoms with Crippen LogP contribution >= 0.6 is 0 Å². The molecule has 0 aliphatic carbocycles. The van der Waals surface area contributed by atoms with Gasteiger partial charge >= 0.3 is 5.97 Å². The van der Waals surface area contributed by atoms with Gasteiger partial charge in [0.1, 0.15) is 24.4 Å². The third-order valence-electron chi connectivity index (χ3n) is 14.2. The number of nitrogens with one attached hydrogen (secondary N) is 1. The van der Waals surface area contributed by atoms with Crippen LogP contribution in [0.3, 0.4) is 0 Å². The van der Waals surface area contributed by atoms with E-state index in [2.05, 4.69) is 26.1 Å². The topological polar surface area (TPSA) is 175 Å². The lowest BCUT2D eigenvalue weighted by molar-refractivity contribution is -0.305. The van der Waals surface area contributed by atoms with Crippen LogP contribution in [0.5, 0.6) is 0 Å². The second-order valence-electron chi connectivity index (χ2n) is 20.7. The molecule has 0 bridgehead atoms. The predicted octanol–water partition coefficient (Wildman–Crippen LogP) is 13.2. The van der Waals surface area contributed by atoms with Crippen molar-refractivity contribution in [1.82, 2.24) is 5.32 Å². The molecule has 6 N–H and O–H groups in total. The maximum Gasteiger partial charge on any atom is 0.306 e. The summed E-state index contributed by atoms with van der Waals surface area (Å²) in [5.74, 6) is -1.18. The average Bonchev–Trinajstić information content (AvgIpc) is 3.34. The minimum Gasteiger partial charge on any atom is -0.454 e. The Labute approximate surface area is 423 Å². The standard InChI is InChI=1S/C58H111NO10/c1-4-7-10-13-16-19-22-25-26-28-31-34-37-40-43-46-53(63)69-56-55(65)54(64)52(47-60)68-58(56)67-48-49(50(61)44-41-38-35-32-29-24-21-18-15-12-9-6-3)59-57(66)51(62)45-42-39-36-33-30-27-23-20-17-14-11-8-5-2/h41,44,49-52,54-56,58,60-62,64-65H,4-40,42-43,45-48H2,1-3H3,(H,59,66)/b44-41+. The monoisotopic (exact) mass is 982 g/mol. The van der Waals surface area contributed by atoms with Crippen LogP contribution in [0.25, 0.3) is 0 Å². The zero-order chi connectivity index (χ0) is 50.4. The summed E-state index contributed by atoms with van der Waals surface area (Å²) < 4.78 is 17.6. The van der Waals surface area contributed by atoms with Crippen molar-refractivity contribution in [3.63, 3.8) is 0 Å². The number of aliphatic hydroxyl groups is 5. The summed E-state index contributed by atoms with van der Waals surface area (Å²) in [6.45, 7) is 5.80. The summed E-state index contributed by atoms with van der Waals surface area (Å²) in [7, 11) is 0. The van der Waals surface area contributed by atoms with Crippen LogP contribution in [0, 0.1) is 0 Å². The van der Waals surface area contributed by atoms with Gasteiger partial charge in [0.05, 0.1) is 25.4 Å². The van der Waals surface area contributed by atoms with E-state index in [0.29, 0.717) is 19.3 Å². The van der Waals surface area contributed by atoms with Gasteiger partial charge < -0.3 is 45.1 Å². The molecule has 0 spiro atoms. The van der Waals surface area contributed by atoms with Crippen molar-refractivity contribution < 1.29 is 49.3 Å². The zero-order valence-corrected chi connectivity index (χ0v) is 45.0. The fourth-order valence-electron chi connectivity index (χ4n) is 9.48. The molecule has 69 heavy (non-hydrogen) atoms. The lowest BCUT2D eigenvalue weighted by Gasteiger charge is -2.41. The molecule has 1 saturated heterocycles. The van der Waals surface area contributed by atoms with E-state index >= 15 is 0 Å². The number of ether oxygens (including phenoxy) is 3. The number of esters is 1. The van der Waals surface area contributed by atoms with E-state index in [-0.39, 0.29) is 13.0 Å². The second kappa shape index (κ2) is 47.4. The number of unbranched alkanes of at least 4 members (excludes halogenated alkanes) is 36. The highest BCUT2D eigenvalue weighted by Gasteiger charge is 2.47. The first-order valence-electron chi connectivity index (χ1n) is 29.5. The molecule has 1 aliphatic rings. The number of carbonyl (C=O) groups is 2. The Morgan fingerprint density at radius 2 is 0.942 bits per heavy atom. The SMILES string of the molecule is CCCCCCCCCCCC/C=C/C(O)C(COC1OC(CO)C(O)C(O)C1OC(=O)CCCCCCCCCCCCCCCCC)NC(=O)C(O)CCCCCCCCCCCCCCC. The van der Waals surface area contributed by atoms with Gasteiger partial charge in [0.25, 0.3) is 0 Å². The number of hydrogen-bond acceptors (Lipinski definition) is 10. The molecule has 1 rings (SSSR count). The summed E-state index contributed by atoms with van der Waals surface area (Å²) in [6, 6.07) is -1.01. The maximum absolute atomic E-state index is 13.4. The van der Waals surface area contributed by atoms with Crippen LogP contribution in [0.15, 0.2) is 12.2 Å². The summed E-state index contributed by atoms with van der Waals surface area (Å²) in [4.78, 5) is 26.4. The van der Waals surface area contributed by atoms with Crippen LogP contribution < -0.4 is 5.32 Å². The van der Waals surface area contributed by atoms with E-state index in [1.54, 1.807) is 6.08 Å². The number of allylic oxidation sites excluding steroid dienone is 1. The van der Waals surface area contributed by atoms with Crippen LogP contribution in [0.2, 0.25) is 0 Å². The molecule has 0 aromatic heterocycles. The van der Waals surface area contributed by atoms with E-state index in [0.717, 1.165) is 57.8 Å². The predicted molar refractivity (Wildman–Crippen MR) is 283 cm³/mol. The largest absolute Gasteiger partial charge is 0.454 e. The van der Waals surface area contributed by atoms with Gasteiger partial charge in [-0.2, -0.15) is 0 Å². The number of amides is 1. The normalized spacial score (nSPS) is 19.8. The van der Waals surface area contributed by atoms with E-state index < -0.39 is 67.4 Å². The van der Waals surface area contributed by atoms with E-state index in [1.807, 2.05) is 6.08 Å². The summed E-state index contributed by atoms with van der Waals surface area (Å²) >= 11 is 0. The molecule has 1 fully saturated rings. The fraction of sp³-hybridized carbons (Fsp3) is 0.931. The smallest absolute Gasteiger partial charge is 0.306 e. The van der Waals surface area contributed by atoms with E-state index in [1.165, 1.54) is 180 Å². The molecule has 0 radical (unpaired) electrons. The molecule has 11 heteroatoms. The first kappa shape index (κ1) is 65.4. The van der Waals surface area contributed by atoms with Gasteiger partial charge in [0.2, 0.25) is 5.91 Å². The molecule has 1 heterocycles. The fourth-order valence-corrected chi connectivity index (χ4v) is 9.48. The van der Waals surface area contributed by atoms with Crippen molar-refractivity contribution in [3.8, 4) is 0 Å². The molecule has 0 aromatic rings. The Morgan fingerprint density at radius 1 is 0.551 bits per heavy atom. The third-order valence-corrected chi connectivity index (χ3v) is 14.2. The van der Waals surface area contributed by atoms with Crippen molar-refractivity contribution >= 4 is 11.9 Å². The number of carbonyl (C=O) groups excluding carboxylic acids is 2. The van der Waals surface area contributed by atoms with Crippen molar-refractivity contribution in [1.29, 1.82) is 0 Å². The molecule has 1 aliphatic heterocycles. The van der Waals surface area contributed by atoms with Gasteiger partial charge in [-0.25, -0.2) is 0 Å². The van der Waals surface area contributed by atoms with Gasteiger partial charge in [0, 0.05) is 6.42 Å². The Bertz CT molecular complexity index is 1170. The Kier molecular flexibility index (Phi) is 44.9.